The lowest BCUT2D eigenvalue weighted by atomic mass is 10.2. The van der Waals surface area contributed by atoms with Crippen LogP contribution in [-0.4, -0.2) is 11.9 Å². The number of benzene rings is 1. The van der Waals surface area contributed by atoms with Crippen molar-refractivity contribution in [3.05, 3.63) is 34.9 Å². The zero-order valence-electron chi connectivity index (χ0n) is 8.66. The van der Waals surface area contributed by atoms with Crippen molar-refractivity contribution < 1.29 is 4.79 Å². The maximum Gasteiger partial charge on any atom is 0.218 e. The van der Waals surface area contributed by atoms with Gasteiger partial charge in [-0.2, -0.15) is 0 Å². The Kier molecular flexibility index (Phi) is 4.59. The predicted molar refractivity (Wildman–Crippen MR) is 61.6 cm³/mol. The van der Waals surface area contributed by atoms with Gasteiger partial charge in [-0.05, 0) is 18.6 Å². The van der Waals surface area contributed by atoms with Crippen molar-refractivity contribution in [1.82, 2.24) is 5.32 Å². The fraction of sp³-hybridized carbons (Fsp3) is 0.364. The molecule has 0 aromatic heterocycles. The summed E-state index contributed by atoms with van der Waals surface area (Å²) >= 11 is 5.98. The van der Waals surface area contributed by atoms with Crippen LogP contribution in [-0.2, 0) is 11.3 Å². The lowest BCUT2D eigenvalue weighted by Crippen LogP contribution is -2.30. The van der Waals surface area contributed by atoms with E-state index in [4.69, 9.17) is 17.3 Å². The van der Waals surface area contributed by atoms with Crippen molar-refractivity contribution in [2.24, 2.45) is 5.73 Å². The maximum absolute atomic E-state index is 10.6. The number of hydrogen-bond acceptors (Lipinski definition) is 2. The van der Waals surface area contributed by atoms with Crippen LogP contribution in [0.4, 0.5) is 0 Å². The van der Waals surface area contributed by atoms with Crippen LogP contribution in [0.3, 0.4) is 0 Å². The summed E-state index contributed by atoms with van der Waals surface area (Å²) in [5.74, 6) is -0.297. The van der Waals surface area contributed by atoms with Crippen molar-refractivity contribution >= 4 is 17.5 Å². The standard InChI is InChI=1S/C11H15ClN2O/c1-8(6-11(13)15)14-7-9-4-2-3-5-10(9)12/h2-5,8,14H,6-7H2,1H3,(H2,13,15). The van der Waals surface area contributed by atoms with Crippen LogP contribution >= 0.6 is 11.6 Å². The highest BCUT2D eigenvalue weighted by molar-refractivity contribution is 6.31. The molecule has 3 N–H and O–H groups in total. The Hall–Kier alpha value is -1.06. The minimum absolute atomic E-state index is 0.0683. The Morgan fingerprint density at radius 1 is 1.53 bits per heavy atom. The van der Waals surface area contributed by atoms with Gasteiger partial charge in [0.15, 0.2) is 0 Å². The highest BCUT2D eigenvalue weighted by Crippen LogP contribution is 2.14. The molecule has 1 atom stereocenters. The molecule has 1 rings (SSSR count). The first-order valence-corrected chi connectivity index (χ1v) is 5.22. The second-order valence-electron chi connectivity index (χ2n) is 3.54. The molecule has 0 saturated carbocycles. The largest absolute Gasteiger partial charge is 0.370 e. The molecule has 0 spiro atoms. The van der Waals surface area contributed by atoms with Crippen molar-refractivity contribution in [1.29, 1.82) is 0 Å². The fourth-order valence-corrected chi connectivity index (χ4v) is 1.50. The smallest absolute Gasteiger partial charge is 0.218 e. The number of carbonyl (C=O) groups excluding carboxylic acids is 1. The molecule has 0 heterocycles. The van der Waals surface area contributed by atoms with Gasteiger partial charge in [0.05, 0.1) is 0 Å². The molecule has 1 aromatic rings. The number of nitrogens with two attached hydrogens (primary N) is 1. The number of primary amides is 1. The molecule has 4 heteroatoms. The molecule has 0 radical (unpaired) electrons. The van der Waals surface area contributed by atoms with Crippen molar-refractivity contribution in [3.8, 4) is 0 Å². The van der Waals surface area contributed by atoms with E-state index in [0.717, 1.165) is 10.6 Å². The highest BCUT2D eigenvalue weighted by Gasteiger charge is 2.06. The van der Waals surface area contributed by atoms with E-state index >= 15 is 0 Å². The molecule has 0 saturated heterocycles. The molecule has 1 amide bonds. The van der Waals surface area contributed by atoms with Gasteiger partial charge >= 0.3 is 0 Å². The van der Waals surface area contributed by atoms with Crippen LogP contribution in [0, 0.1) is 0 Å². The average molecular weight is 227 g/mol. The summed E-state index contributed by atoms with van der Waals surface area (Å²) < 4.78 is 0. The molecule has 0 fully saturated rings. The molecule has 3 nitrogen and oxygen atoms in total. The molecule has 0 bridgehead atoms. The second kappa shape index (κ2) is 5.73. The highest BCUT2D eigenvalue weighted by atomic mass is 35.5. The van der Waals surface area contributed by atoms with E-state index in [-0.39, 0.29) is 11.9 Å². The van der Waals surface area contributed by atoms with Gasteiger partial charge in [-0.15, -0.1) is 0 Å². The van der Waals surface area contributed by atoms with E-state index < -0.39 is 0 Å². The van der Waals surface area contributed by atoms with Gasteiger partial charge in [0.1, 0.15) is 0 Å². The van der Waals surface area contributed by atoms with Crippen molar-refractivity contribution in [2.75, 3.05) is 0 Å². The topological polar surface area (TPSA) is 55.1 Å². The molecule has 15 heavy (non-hydrogen) atoms. The van der Waals surface area contributed by atoms with Crippen LogP contribution in [0.1, 0.15) is 18.9 Å². The number of hydrogen-bond donors (Lipinski definition) is 2. The third kappa shape index (κ3) is 4.32. The van der Waals surface area contributed by atoms with Gasteiger partial charge < -0.3 is 11.1 Å². The Morgan fingerprint density at radius 3 is 2.80 bits per heavy atom. The van der Waals surface area contributed by atoms with Gasteiger partial charge in [-0.1, -0.05) is 29.8 Å². The number of rotatable bonds is 5. The molecule has 0 aliphatic carbocycles. The summed E-state index contributed by atoms with van der Waals surface area (Å²) in [6.45, 7) is 2.57. The predicted octanol–water partition coefficient (Wildman–Crippen LogP) is 1.69. The lowest BCUT2D eigenvalue weighted by Gasteiger charge is -2.12. The first-order valence-electron chi connectivity index (χ1n) is 4.84. The molecule has 1 unspecified atom stereocenters. The third-order valence-electron chi connectivity index (χ3n) is 2.11. The Balaban J connectivity index is 2.43. The SMILES string of the molecule is CC(CC(N)=O)NCc1ccccc1Cl. The van der Waals surface area contributed by atoms with Crippen LogP contribution in [0.5, 0.6) is 0 Å². The quantitative estimate of drug-likeness (QED) is 0.803. The first kappa shape index (κ1) is 12.0. The Labute approximate surface area is 94.6 Å². The minimum Gasteiger partial charge on any atom is -0.370 e. The summed E-state index contributed by atoms with van der Waals surface area (Å²) in [4.78, 5) is 10.6. The van der Waals surface area contributed by atoms with E-state index in [1.165, 1.54) is 0 Å². The molecule has 82 valence electrons. The molecule has 0 aliphatic heterocycles. The van der Waals surface area contributed by atoms with Crippen molar-refractivity contribution in [2.45, 2.75) is 25.9 Å². The number of nitrogens with one attached hydrogen (secondary N) is 1. The van der Waals surface area contributed by atoms with Crippen LogP contribution in [0.15, 0.2) is 24.3 Å². The van der Waals surface area contributed by atoms with Crippen LogP contribution in [0.25, 0.3) is 0 Å². The fourth-order valence-electron chi connectivity index (χ4n) is 1.30. The van der Waals surface area contributed by atoms with Crippen molar-refractivity contribution in [3.63, 3.8) is 0 Å². The van der Waals surface area contributed by atoms with Crippen LogP contribution in [0.2, 0.25) is 5.02 Å². The molecule has 0 aliphatic rings. The van der Waals surface area contributed by atoms with E-state index in [9.17, 15) is 4.79 Å². The maximum atomic E-state index is 10.6. The second-order valence-corrected chi connectivity index (χ2v) is 3.95. The average Bonchev–Trinajstić information content (AvgIpc) is 2.15. The van der Waals surface area contributed by atoms with Gasteiger partial charge in [0.2, 0.25) is 5.91 Å². The molecular weight excluding hydrogens is 212 g/mol. The lowest BCUT2D eigenvalue weighted by molar-refractivity contribution is -0.118. The summed E-state index contributed by atoms with van der Waals surface area (Å²) in [5, 5.41) is 3.92. The van der Waals surface area contributed by atoms with E-state index in [1.54, 1.807) is 0 Å². The van der Waals surface area contributed by atoms with Crippen LogP contribution < -0.4 is 11.1 Å². The molecule has 1 aromatic carbocycles. The number of carbonyl (C=O) groups is 1. The van der Waals surface area contributed by atoms with Gasteiger partial charge in [0.25, 0.3) is 0 Å². The van der Waals surface area contributed by atoms with Gasteiger partial charge in [0, 0.05) is 24.0 Å². The zero-order valence-corrected chi connectivity index (χ0v) is 9.42. The first-order chi connectivity index (χ1) is 7.09. The summed E-state index contributed by atoms with van der Waals surface area (Å²) in [5.41, 5.74) is 6.11. The van der Waals surface area contributed by atoms with E-state index in [1.807, 2.05) is 31.2 Å². The normalized spacial score (nSPS) is 12.4. The summed E-state index contributed by atoms with van der Waals surface area (Å²) in [6.07, 6.45) is 0.338. The Bertz CT molecular complexity index is 341. The number of halogens is 1. The van der Waals surface area contributed by atoms with Gasteiger partial charge in [-0.25, -0.2) is 0 Å². The number of amides is 1. The van der Waals surface area contributed by atoms with E-state index in [0.29, 0.717) is 13.0 Å². The Morgan fingerprint density at radius 2 is 2.20 bits per heavy atom. The van der Waals surface area contributed by atoms with Gasteiger partial charge in [-0.3, -0.25) is 4.79 Å². The van der Waals surface area contributed by atoms with E-state index in [2.05, 4.69) is 5.32 Å². The minimum atomic E-state index is -0.297. The summed E-state index contributed by atoms with van der Waals surface area (Å²) in [7, 11) is 0. The third-order valence-corrected chi connectivity index (χ3v) is 2.47. The summed E-state index contributed by atoms with van der Waals surface area (Å²) in [6, 6.07) is 7.68. The zero-order chi connectivity index (χ0) is 11.3. The molecular formula is C11H15ClN2O. The monoisotopic (exact) mass is 226 g/mol.